The second kappa shape index (κ2) is 11.7. The maximum atomic E-state index is 15.3. The number of fused-ring (bicyclic) bond motifs is 1. The van der Waals surface area contributed by atoms with Gasteiger partial charge < -0.3 is 19.2 Å². The molecule has 0 amide bonds. The lowest BCUT2D eigenvalue weighted by molar-refractivity contribution is -0.146. The molecule has 9 heteroatoms. The van der Waals surface area contributed by atoms with Crippen molar-refractivity contribution in [2.24, 2.45) is 11.8 Å². The fourth-order valence-corrected chi connectivity index (χ4v) is 5.40. The van der Waals surface area contributed by atoms with Gasteiger partial charge in [-0.15, -0.1) is 0 Å². The number of aromatic nitrogens is 2. The number of likely N-dealkylation sites (tertiary alicyclic amines) is 1. The van der Waals surface area contributed by atoms with Gasteiger partial charge in [-0.25, -0.2) is 9.37 Å². The molecule has 1 saturated heterocycles. The molecule has 34 heavy (non-hydrogen) atoms. The molecule has 3 heterocycles. The SMILES string of the molecule is COc1ccc2nccc([C@@H](F)CC[C@@H]3CCN(CCCSc4ncco4)C[C@@H]3C(=O)O)c2c1. The summed E-state index contributed by atoms with van der Waals surface area (Å²) in [6, 6.07) is 7.15. The molecule has 0 saturated carbocycles. The number of methoxy groups -OCH3 is 1. The molecule has 4 rings (SSSR count). The highest BCUT2D eigenvalue weighted by atomic mass is 32.2. The summed E-state index contributed by atoms with van der Waals surface area (Å²) in [4.78, 5) is 22.6. The number of alkyl halides is 1. The van der Waals surface area contributed by atoms with Crippen LogP contribution in [0.2, 0.25) is 0 Å². The third-order valence-corrected chi connectivity index (χ3v) is 7.46. The number of oxazole rings is 1. The number of aliphatic carboxylic acids is 1. The van der Waals surface area contributed by atoms with Crippen LogP contribution in [0.25, 0.3) is 10.9 Å². The van der Waals surface area contributed by atoms with E-state index >= 15 is 4.39 Å². The molecule has 2 aromatic heterocycles. The summed E-state index contributed by atoms with van der Waals surface area (Å²) >= 11 is 1.56. The zero-order valence-electron chi connectivity index (χ0n) is 19.2. The Morgan fingerprint density at radius 3 is 3.00 bits per heavy atom. The van der Waals surface area contributed by atoms with Crippen molar-refractivity contribution in [3.63, 3.8) is 0 Å². The quantitative estimate of drug-likeness (QED) is 0.291. The number of carbonyl (C=O) groups is 1. The number of hydrogen-bond donors (Lipinski definition) is 1. The van der Waals surface area contributed by atoms with E-state index in [-0.39, 0.29) is 12.3 Å². The van der Waals surface area contributed by atoms with E-state index in [0.29, 0.717) is 29.5 Å². The zero-order valence-corrected chi connectivity index (χ0v) is 20.0. The van der Waals surface area contributed by atoms with Crippen molar-refractivity contribution < 1.29 is 23.4 Å². The number of nitrogens with zero attached hydrogens (tertiary/aromatic N) is 3. The Hall–Kier alpha value is -2.65. The van der Waals surface area contributed by atoms with Crippen molar-refractivity contribution in [3.8, 4) is 5.75 Å². The van der Waals surface area contributed by atoms with Gasteiger partial charge in [0.05, 0.1) is 24.7 Å². The lowest BCUT2D eigenvalue weighted by Crippen LogP contribution is -2.44. The number of carboxylic acids is 1. The molecule has 0 spiro atoms. The Morgan fingerprint density at radius 1 is 1.35 bits per heavy atom. The first-order valence-corrected chi connectivity index (χ1v) is 12.6. The Balaban J connectivity index is 1.31. The van der Waals surface area contributed by atoms with E-state index in [1.807, 2.05) is 18.2 Å². The van der Waals surface area contributed by atoms with Gasteiger partial charge in [0, 0.05) is 23.9 Å². The number of halogens is 1. The number of carboxylic acid groups (broad SMARTS) is 1. The van der Waals surface area contributed by atoms with Crippen LogP contribution in [-0.2, 0) is 4.79 Å². The summed E-state index contributed by atoms with van der Waals surface area (Å²) in [5.41, 5.74) is 1.30. The van der Waals surface area contributed by atoms with E-state index in [1.54, 1.807) is 43.6 Å². The minimum atomic E-state index is -1.18. The highest BCUT2D eigenvalue weighted by Gasteiger charge is 2.34. The molecule has 0 unspecified atom stereocenters. The van der Waals surface area contributed by atoms with Crippen LogP contribution in [0, 0.1) is 11.8 Å². The topological polar surface area (TPSA) is 88.7 Å². The van der Waals surface area contributed by atoms with E-state index in [1.165, 1.54) is 0 Å². The standard InChI is InChI=1S/C25H30FN3O4S/c1-32-18-4-6-23-20(15-18)19(7-9-27-23)22(26)5-3-17-8-12-29(16-21(17)24(30)31)11-2-14-34-25-28-10-13-33-25/h4,6-7,9-10,13,15,17,21-22H,2-3,5,8,11-12,14,16H2,1H3,(H,30,31)/t17-,21+,22+/m1/s1. The van der Waals surface area contributed by atoms with Gasteiger partial charge >= 0.3 is 5.97 Å². The number of pyridine rings is 1. The number of benzene rings is 1. The number of thioether (sulfide) groups is 1. The smallest absolute Gasteiger partial charge is 0.308 e. The lowest BCUT2D eigenvalue weighted by atomic mass is 9.81. The second-order valence-corrected chi connectivity index (χ2v) is 9.67. The normalized spacial score (nSPS) is 19.8. The van der Waals surface area contributed by atoms with Crippen LogP contribution >= 0.6 is 11.8 Å². The third kappa shape index (κ3) is 6.07. The Labute approximate surface area is 202 Å². The van der Waals surface area contributed by atoms with Crippen LogP contribution in [0.1, 0.15) is 37.4 Å². The molecule has 1 aliphatic rings. The highest BCUT2D eigenvalue weighted by Crippen LogP contribution is 2.35. The van der Waals surface area contributed by atoms with Crippen molar-refractivity contribution >= 4 is 28.6 Å². The minimum Gasteiger partial charge on any atom is -0.497 e. The molecular formula is C25H30FN3O4S. The maximum absolute atomic E-state index is 15.3. The van der Waals surface area contributed by atoms with Crippen LogP contribution in [0.5, 0.6) is 5.75 Å². The summed E-state index contributed by atoms with van der Waals surface area (Å²) in [6.07, 6.45) is 6.14. The van der Waals surface area contributed by atoms with Crippen molar-refractivity contribution in [2.45, 2.75) is 37.1 Å². The first-order valence-electron chi connectivity index (χ1n) is 11.6. The molecule has 0 aliphatic carbocycles. The zero-order chi connectivity index (χ0) is 23.9. The summed E-state index contributed by atoms with van der Waals surface area (Å²) in [7, 11) is 1.58. The van der Waals surface area contributed by atoms with Gasteiger partial charge in [-0.05, 0) is 74.5 Å². The maximum Gasteiger partial charge on any atom is 0.308 e. The average Bonchev–Trinajstić information content (AvgIpc) is 3.38. The van der Waals surface area contributed by atoms with Crippen molar-refractivity contribution in [2.75, 3.05) is 32.5 Å². The largest absolute Gasteiger partial charge is 0.497 e. The lowest BCUT2D eigenvalue weighted by Gasteiger charge is -2.36. The van der Waals surface area contributed by atoms with Gasteiger partial charge in [-0.3, -0.25) is 9.78 Å². The summed E-state index contributed by atoms with van der Waals surface area (Å²) in [5.74, 6) is 0.224. The Bertz CT molecular complexity index is 1080. The van der Waals surface area contributed by atoms with Gasteiger partial charge in [-0.1, -0.05) is 11.8 Å². The van der Waals surface area contributed by atoms with Gasteiger partial charge in [-0.2, -0.15) is 0 Å². The summed E-state index contributed by atoms with van der Waals surface area (Å²) in [6.45, 7) is 2.18. The number of ether oxygens (including phenoxy) is 1. The molecule has 3 aromatic rings. The van der Waals surface area contributed by atoms with Gasteiger partial charge in [0.25, 0.3) is 5.22 Å². The number of rotatable bonds is 11. The highest BCUT2D eigenvalue weighted by molar-refractivity contribution is 7.99. The molecule has 1 N–H and O–H groups in total. The monoisotopic (exact) mass is 487 g/mol. The fourth-order valence-electron chi connectivity index (χ4n) is 4.69. The van der Waals surface area contributed by atoms with E-state index < -0.39 is 18.1 Å². The van der Waals surface area contributed by atoms with Crippen molar-refractivity contribution in [1.29, 1.82) is 0 Å². The van der Waals surface area contributed by atoms with E-state index in [4.69, 9.17) is 9.15 Å². The van der Waals surface area contributed by atoms with Crippen LogP contribution in [-0.4, -0.2) is 58.4 Å². The molecule has 0 bridgehead atoms. The first-order chi connectivity index (χ1) is 16.5. The molecule has 3 atom stereocenters. The fraction of sp³-hybridized carbons (Fsp3) is 0.480. The molecule has 182 valence electrons. The van der Waals surface area contributed by atoms with Crippen LogP contribution in [0.3, 0.4) is 0 Å². The molecular weight excluding hydrogens is 457 g/mol. The van der Waals surface area contributed by atoms with Gasteiger partial charge in [0.2, 0.25) is 0 Å². The van der Waals surface area contributed by atoms with E-state index in [0.717, 1.165) is 42.6 Å². The van der Waals surface area contributed by atoms with Crippen LogP contribution < -0.4 is 4.74 Å². The van der Waals surface area contributed by atoms with E-state index in [9.17, 15) is 9.90 Å². The Morgan fingerprint density at radius 2 is 2.24 bits per heavy atom. The molecule has 1 aliphatic heterocycles. The molecule has 1 aromatic carbocycles. The van der Waals surface area contributed by atoms with Crippen LogP contribution in [0.4, 0.5) is 4.39 Å². The number of piperidine rings is 1. The minimum absolute atomic E-state index is 0.0312. The van der Waals surface area contributed by atoms with Crippen LogP contribution in [0.15, 0.2) is 52.6 Å². The molecule has 7 nitrogen and oxygen atoms in total. The van der Waals surface area contributed by atoms with Crippen molar-refractivity contribution in [3.05, 3.63) is 48.5 Å². The second-order valence-electron chi connectivity index (χ2n) is 8.62. The van der Waals surface area contributed by atoms with Gasteiger partial charge in [0.1, 0.15) is 18.2 Å². The summed E-state index contributed by atoms with van der Waals surface area (Å²) in [5, 5.41) is 11.2. The van der Waals surface area contributed by atoms with Crippen molar-refractivity contribution in [1.82, 2.24) is 14.9 Å². The summed E-state index contributed by atoms with van der Waals surface area (Å²) < 4.78 is 25.9. The average molecular weight is 488 g/mol. The first kappa shape index (κ1) is 24.5. The molecule has 0 radical (unpaired) electrons. The Kier molecular flexibility index (Phi) is 8.39. The van der Waals surface area contributed by atoms with E-state index in [2.05, 4.69) is 14.9 Å². The van der Waals surface area contributed by atoms with Gasteiger partial charge in [0.15, 0.2) is 0 Å². The number of hydrogen-bond acceptors (Lipinski definition) is 7. The third-order valence-electron chi connectivity index (χ3n) is 6.52. The predicted octanol–water partition coefficient (Wildman–Crippen LogP) is 5.23. The molecule has 1 fully saturated rings. The predicted molar refractivity (Wildman–Crippen MR) is 129 cm³/mol.